The molecule has 3 aliphatic heterocycles. The first-order valence-corrected chi connectivity index (χ1v) is 9.59. The van der Waals surface area contributed by atoms with Crippen LogP contribution in [-0.4, -0.2) is 25.7 Å². The van der Waals surface area contributed by atoms with Crippen molar-refractivity contribution in [3.63, 3.8) is 0 Å². The summed E-state index contributed by atoms with van der Waals surface area (Å²) in [5.41, 5.74) is 7.35. The Bertz CT molecular complexity index is 768. The van der Waals surface area contributed by atoms with E-state index in [1.165, 1.54) is 43.4 Å². The van der Waals surface area contributed by atoms with Gasteiger partial charge >= 0.3 is 0 Å². The quantitative estimate of drug-likeness (QED) is 0.817. The number of nitrogens with one attached hydrogen (secondary N) is 1. The normalized spacial score (nSPS) is 25.1. The molecule has 1 N–H and O–H groups in total. The van der Waals surface area contributed by atoms with Crippen molar-refractivity contribution in [2.24, 2.45) is 0 Å². The van der Waals surface area contributed by atoms with E-state index >= 15 is 0 Å². The van der Waals surface area contributed by atoms with E-state index in [4.69, 9.17) is 11.6 Å². The molecule has 1 fully saturated rings. The molecular formula is C21H23ClN2. The zero-order valence-corrected chi connectivity index (χ0v) is 14.6. The lowest BCUT2D eigenvalue weighted by molar-refractivity contribution is 0.401. The molecule has 0 amide bonds. The maximum absolute atomic E-state index is 6.08. The molecule has 0 bridgehead atoms. The third-order valence-corrected chi connectivity index (χ3v) is 6.28. The molecule has 5 rings (SSSR count). The minimum atomic E-state index is 0.651. The number of anilines is 1. The van der Waals surface area contributed by atoms with E-state index in [9.17, 15) is 0 Å². The molecular weight excluding hydrogens is 316 g/mol. The van der Waals surface area contributed by atoms with E-state index in [1.54, 1.807) is 16.8 Å². The number of halogens is 1. The molecule has 0 aliphatic carbocycles. The van der Waals surface area contributed by atoms with Gasteiger partial charge in [-0.1, -0.05) is 23.7 Å². The molecule has 2 nitrogen and oxygen atoms in total. The number of nitrogens with zero attached hydrogens (tertiary/aromatic N) is 1. The van der Waals surface area contributed by atoms with Crippen LogP contribution in [0, 0.1) is 0 Å². The van der Waals surface area contributed by atoms with Crippen LogP contribution in [0.25, 0.3) is 11.1 Å². The highest BCUT2D eigenvalue weighted by Crippen LogP contribution is 2.48. The van der Waals surface area contributed by atoms with Crippen molar-refractivity contribution in [2.75, 3.05) is 24.5 Å². The van der Waals surface area contributed by atoms with Gasteiger partial charge in [0.1, 0.15) is 0 Å². The molecule has 3 heterocycles. The fourth-order valence-corrected chi connectivity index (χ4v) is 5.05. The Balaban J connectivity index is 1.67. The monoisotopic (exact) mass is 338 g/mol. The molecule has 0 aromatic heterocycles. The highest BCUT2D eigenvalue weighted by Gasteiger charge is 2.41. The molecule has 124 valence electrons. The van der Waals surface area contributed by atoms with Gasteiger partial charge in [0.2, 0.25) is 0 Å². The van der Waals surface area contributed by atoms with Crippen molar-refractivity contribution in [3.05, 3.63) is 52.5 Å². The van der Waals surface area contributed by atoms with E-state index in [0.717, 1.165) is 18.1 Å². The van der Waals surface area contributed by atoms with E-state index in [2.05, 4.69) is 34.5 Å². The van der Waals surface area contributed by atoms with E-state index < -0.39 is 0 Å². The smallest absolute Gasteiger partial charge is 0.0438 e. The van der Waals surface area contributed by atoms with Crippen molar-refractivity contribution in [1.82, 2.24) is 5.32 Å². The predicted octanol–water partition coefficient (Wildman–Crippen LogP) is 4.61. The molecule has 0 saturated carbocycles. The first kappa shape index (κ1) is 14.8. The lowest BCUT2D eigenvalue weighted by atomic mass is 9.87. The number of piperidine rings is 1. The molecule has 2 atom stereocenters. The number of rotatable bonds is 1. The van der Waals surface area contributed by atoms with Crippen molar-refractivity contribution < 1.29 is 0 Å². The van der Waals surface area contributed by atoms with Gasteiger partial charge in [0.05, 0.1) is 0 Å². The first-order valence-electron chi connectivity index (χ1n) is 9.21. The summed E-state index contributed by atoms with van der Waals surface area (Å²) in [6.45, 7) is 3.52. The second kappa shape index (κ2) is 5.79. The minimum Gasteiger partial charge on any atom is -0.367 e. The summed E-state index contributed by atoms with van der Waals surface area (Å²) >= 11 is 6.08. The topological polar surface area (TPSA) is 15.3 Å². The maximum Gasteiger partial charge on any atom is 0.0438 e. The first-order chi connectivity index (χ1) is 11.8. The highest BCUT2D eigenvalue weighted by atomic mass is 35.5. The van der Waals surface area contributed by atoms with Crippen molar-refractivity contribution in [1.29, 1.82) is 0 Å². The van der Waals surface area contributed by atoms with Gasteiger partial charge in [-0.25, -0.2) is 0 Å². The van der Waals surface area contributed by atoms with Crippen LogP contribution in [0.3, 0.4) is 0 Å². The van der Waals surface area contributed by atoms with Crippen LogP contribution in [-0.2, 0) is 6.42 Å². The van der Waals surface area contributed by atoms with Gasteiger partial charge in [0.15, 0.2) is 0 Å². The van der Waals surface area contributed by atoms with Gasteiger partial charge in [0.25, 0.3) is 0 Å². The van der Waals surface area contributed by atoms with Crippen molar-refractivity contribution >= 4 is 17.3 Å². The summed E-state index contributed by atoms with van der Waals surface area (Å²) in [7, 11) is 0. The third-order valence-electron chi connectivity index (χ3n) is 6.02. The van der Waals surface area contributed by atoms with Gasteiger partial charge in [-0.3, -0.25) is 0 Å². The maximum atomic E-state index is 6.08. The zero-order valence-electron chi connectivity index (χ0n) is 13.9. The number of hydrogen-bond acceptors (Lipinski definition) is 2. The largest absolute Gasteiger partial charge is 0.367 e. The Kier molecular flexibility index (Phi) is 3.57. The van der Waals surface area contributed by atoms with Crippen LogP contribution in [0.5, 0.6) is 0 Å². The summed E-state index contributed by atoms with van der Waals surface area (Å²) in [4.78, 5) is 2.74. The Morgan fingerprint density at radius 2 is 1.92 bits per heavy atom. The second-order valence-electron chi connectivity index (χ2n) is 7.40. The van der Waals surface area contributed by atoms with Crippen LogP contribution in [0.4, 0.5) is 5.69 Å². The molecule has 2 aromatic carbocycles. The molecule has 0 radical (unpaired) electrons. The molecule has 3 aliphatic rings. The number of fused-ring (bicyclic) bond motifs is 3. The van der Waals surface area contributed by atoms with Crippen LogP contribution < -0.4 is 10.2 Å². The third kappa shape index (κ3) is 2.28. The summed E-state index contributed by atoms with van der Waals surface area (Å²) in [6, 6.07) is 13.9. The van der Waals surface area contributed by atoms with Crippen molar-refractivity contribution in [3.8, 4) is 11.1 Å². The average molecular weight is 339 g/mol. The van der Waals surface area contributed by atoms with Gasteiger partial charge < -0.3 is 10.2 Å². The molecule has 2 aromatic rings. The van der Waals surface area contributed by atoms with E-state index in [1.807, 2.05) is 12.1 Å². The lowest BCUT2D eigenvalue weighted by Gasteiger charge is -2.33. The highest BCUT2D eigenvalue weighted by molar-refractivity contribution is 6.30. The van der Waals surface area contributed by atoms with Crippen LogP contribution in [0.15, 0.2) is 36.4 Å². The second-order valence-corrected chi connectivity index (χ2v) is 7.83. The fourth-order valence-electron chi connectivity index (χ4n) is 4.93. The number of hydrogen-bond donors (Lipinski definition) is 1. The van der Waals surface area contributed by atoms with Gasteiger partial charge in [0, 0.05) is 35.8 Å². The van der Waals surface area contributed by atoms with Crippen molar-refractivity contribution in [2.45, 2.75) is 37.6 Å². The van der Waals surface area contributed by atoms with Crippen LogP contribution >= 0.6 is 11.6 Å². The Labute approximate surface area is 148 Å². The van der Waals surface area contributed by atoms with Gasteiger partial charge in [-0.05, 0) is 78.7 Å². The fraction of sp³-hybridized carbons (Fsp3) is 0.429. The van der Waals surface area contributed by atoms with Crippen LogP contribution in [0.1, 0.15) is 36.3 Å². The minimum absolute atomic E-state index is 0.651. The molecule has 0 spiro atoms. The van der Waals surface area contributed by atoms with Crippen LogP contribution in [0.2, 0.25) is 5.02 Å². The molecule has 1 saturated heterocycles. The summed E-state index contributed by atoms with van der Waals surface area (Å²) in [5, 5.41) is 4.43. The molecule has 24 heavy (non-hydrogen) atoms. The standard InChI is InChI=1S/C21H23ClN2/c22-17-6-4-14(5-7-17)16-11-15-3-1-2-10-24-20-8-9-23-13-19(20)18(12-16)21(15)24/h4-7,11-12,19-20,23H,1-3,8-10,13H2/t19-,20-/m0/s1. The summed E-state index contributed by atoms with van der Waals surface area (Å²) < 4.78 is 0. The summed E-state index contributed by atoms with van der Waals surface area (Å²) in [6.07, 6.45) is 5.12. The Morgan fingerprint density at radius 1 is 1.04 bits per heavy atom. The average Bonchev–Trinajstić information content (AvgIpc) is 2.78. The lowest BCUT2D eigenvalue weighted by Crippen LogP contribution is -2.44. The SMILES string of the molecule is Clc1ccc(-c2cc3c4c(c2)[C@@H]2CNCC[C@@H]2N4CCCC3)cc1. The van der Waals surface area contributed by atoms with Gasteiger partial charge in [-0.2, -0.15) is 0 Å². The Morgan fingerprint density at radius 3 is 2.79 bits per heavy atom. The van der Waals surface area contributed by atoms with Gasteiger partial charge in [-0.15, -0.1) is 0 Å². The zero-order chi connectivity index (χ0) is 16.1. The van der Waals surface area contributed by atoms with E-state index in [0.29, 0.717) is 12.0 Å². The predicted molar refractivity (Wildman–Crippen MR) is 101 cm³/mol. The van der Waals surface area contributed by atoms with E-state index in [-0.39, 0.29) is 0 Å². The number of aryl methyl sites for hydroxylation is 1. The Hall–Kier alpha value is -1.51. The molecule has 3 heteroatoms. The number of benzene rings is 2. The summed E-state index contributed by atoms with van der Waals surface area (Å²) in [5.74, 6) is 0.651. The molecule has 0 unspecified atom stereocenters.